The van der Waals surface area contributed by atoms with Gasteiger partial charge in [0.05, 0.1) is 5.69 Å². The molecule has 3 heterocycles. The molecule has 4 nitrogen and oxygen atoms in total. The molecule has 47 heavy (non-hydrogen) atoms. The van der Waals surface area contributed by atoms with E-state index in [1.807, 2.05) is 42.5 Å². The molecule has 0 aliphatic carbocycles. The van der Waals surface area contributed by atoms with Gasteiger partial charge in [0.1, 0.15) is 11.4 Å². The molecule has 0 bridgehead atoms. The second-order valence-corrected chi connectivity index (χ2v) is 11.7. The van der Waals surface area contributed by atoms with E-state index in [1.54, 1.807) is 6.07 Å². The molecule has 0 aliphatic heterocycles. The molecule has 0 atom stereocenters. The molecule has 0 amide bonds. The Morgan fingerprint density at radius 3 is 2.15 bits per heavy atom. The number of imidazole rings is 1. The molecule has 0 aliphatic rings. The molecular weight excluding hydrogens is 758 g/mol. The number of nitrogens with zero attached hydrogens (tertiary/aromatic N) is 3. The van der Waals surface area contributed by atoms with E-state index in [4.69, 9.17) is 9.97 Å². The molecule has 0 fully saturated rings. The first-order valence-corrected chi connectivity index (χ1v) is 15.4. The number of para-hydroxylation sites is 1. The number of fused-ring (bicyclic) bond motifs is 2. The van der Waals surface area contributed by atoms with Crippen LogP contribution in [0.15, 0.2) is 140 Å². The van der Waals surface area contributed by atoms with Gasteiger partial charge in [-0.3, -0.25) is 9.97 Å². The van der Waals surface area contributed by atoms with Crippen LogP contribution in [-0.2, 0) is 21.1 Å². The second kappa shape index (κ2) is 12.5. The average Bonchev–Trinajstić information content (AvgIpc) is 3.48. The van der Waals surface area contributed by atoms with Gasteiger partial charge >= 0.3 is 0 Å². The normalized spacial score (nSPS) is 11.1. The van der Waals surface area contributed by atoms with E-state index in [2.05, 4.69) is 115 Å². The number of phenols is 1. The van der Waals surface area contributed by atoms with E-state index in [-0.39, 0.29) is 26.8 Å². The predicted molar refractivity (Wildman–Crippen MR) is 188 cm³/mol. The van der Waals surface area contributed by atoms with Gasteiger partial charge in [-0.2, -0.15) is 0 Å². The summed E-state index contributed by atoms with van der Waals surface area (Å²) < 4.78 is 2.14. The molecule has 8 aromatic rings. The van der Waals surface area contributed by atoms with Crippen LogP contribution in [0.25, 0.3) is 72.6 Å². The molecule has 0 spiro atoms. The monoisotopic (exact) mass is 787 g/mol. The molecule has 230 valence electrons. The molecule has 0 saturated heterocycles. The van der Waals surface area contributed by atoms with E-state index < -0.39 is 0 Å². The van der Waals surface area contributed by atoms with Crippen molar-refractivity contribution >= 4 is 16.4 Å². The van der Waals surface area contributed by atoms with Crippen molar-refractivity contribution in [3.63, 3.8) is 0 Å². The summed E-state index contributed by atoms with van der Waals surface area (Å²) in [6, 6.07) is 48.8. The molecule has 5 heteroatoms. The number of aromatic hydroxyl groups is 1. The van der Waals surface area contributed by atoms with Crippen molar-refractivity contribution in [2.45, 2.75) is 13.8 Å². The first kappa shape index (κ1) is 30.3. The van der Waals surface area contributed by atoms with Gasteiger partial charge in [0.25, 0.3) is 0 Å². The summed E-state index contributed by atoms with van der Waals surface area (Å²) in [4.78, 5) is 10.4. The third kappa shape index (κ3) is 5.45. The molecule has 0 radical (unpaired) electrons. The SMILES string of the molecule is Cc1cccc(C)c1-c1cc(-c2ccccc2O)nc(-c2[c-]c(-c3nc4ccccn4c3-c3ccccc3)cc3ccccc23)c1.[Pt]. The molecule has 1 N–H and O–H groups in total. The topological polar surface area (TPSA) is 50.4 Å². The van der Waals surface area contributed by atoms with Gasteiger partial charge < -0.3 is 9.51 Å². The van der Waals surface area contributed by atoms with Crippen molar-refractivity contribution in [2.75, 3.05) is 0 Å². The molecule has 3 aromatic heterocycles. The zero-order chi connectivity index (χ0) is 31.2. The molecule has 0 unspecified atom stereocenters. The number of aromatic nitrogens is 3. The Morgan fingerprint density at radius 1 is 0.638 bits per heavy atom. The number of phenolic OH excluding ortho intramolecular Hbond substituents is 1. The van der Waals surface area contributed by atoms with Crippen LogP contribution in [0.2, 0.25) is 0 Å². The van der Waals surface area contributed by atoms with Crippen LogP contribution >= 0.6 is 0 Å². The Morgan fingerprint density at radius 2 is 1.34 bits per heavy atom. The fourth-order valence-electron chi connectivity index (χ4n) is 6.53. The van der Waals surface area contributed by atoms with Crippen molar-refractivity contribution < 1.29 is 26.2 Å². The largest absolute Gasteiger partial charge is 0.507 e. The minimum Gasteiger partial charge on any atom is -0.507 e. The standard InChI is InChI=1S/C42H30N3O.Pt/c1-27-13-12-14-28(2)40(27)31-25-36(34-19-8-9-20-38(34)46)43-37(26-31)35-24-32(23-30-17-6-7-18-33(30)35)41-42(29-15-4-3-5-16-29)45-22-11-10-21-39(45)44-41;/h3-23,25-26,46H,1-2H3;/q-1;. The van der Waals surface area contributed by atoms with E-state index in [1.165, 1.54) is 11.1 Å². The van der Waals surface area contributed by atoms with Crippen molar-refractivity contribution in [1.29, 1.82) is 0 Å². The molecule has 5 aromatic carbocycles. The summed E-state index contributed by atoms with van der Waals surface area (Å²) in [6.07, 6.45) is 2.06. The zero-order valence-electron chi connectivity index (χ0n) is 25.9. The van der Waals surface area contributed by atoms with Crippen molar-refractivity contribution in [3.05, 3.63) is 157 Å². The maximum absolute atomic E-state index is 10.9. The zero-order valence-corrected chi connectivity index (χ0v) is 28.2. The summed E-state index contributed by atoms with van der Waals surface area (Å²) in [5, 5.41) is 13.0. The minimum atomic E-state index is 0. The summed E-state index contributed by atoms with van der Waals surface area (Å²) in [6.45, 7) is 4.28. The maximum atomic E-state index is 10.9. The smallest absolute Gasteiger partial charge is 0.129 e. The van der Waals surface area contributed by atoms with Crippen molar-refractivity contribution in [1.82, 2.24) is 14.4 Å². The van der Waals surface area contributed by atoms with Crippen LogP contribution in [0, 0.1) is 19.9 Å². The Balaban J connectivity index is 0.00000351. The van der Waals surface area contributed by atoms with Crippen LogP contribution in [0.3, 0.4) is 0 Å². The first-order valence-electron chi connectivity index (χ1n) is 15.4. The Bertz CT molecular complexity index is 2390. The van der Waals surface area contributed by atoms with Gasteiger partial charge in [0.15, 0.2) is 0 Å². The Kier molecular flexibility index (Phi) is 8.05. The predicted octanol–water partition coefficient (Wildman–Crippen LogP) is 10.3. The quantitative estimate of drug-likeness (QED) is 0.177. The van der Waals surface area contributed by atoms with Crippen LogP contribution in [-0.4, -0.2) is 19.5 Å². The van der Waals surface area contributed by atoms with Crippen molar-refractivity contribution in [2.24, 2.45) is 0 Å². The number of aryl methyl sites for hydroxylation is 2. The fourth-order valence-corrected chi connectivity index (χ4v) is 6.53. The van der Waals surface area contributed by atoms with E-state index in [9.17, 15) is 5.11 Å². The Hall–Kier alpha value is -5.31. The van der Waals surface area contributed by atoms with Crippen LogP contribution in [0.4, 0.5) is 0 Å². The van der Waals surface area contributed by atoms with Crippen LogP contribution in [0.5, 0.6) is 5.75 Å². The summed E-state index contributed by atoms with van der Waals surface area (Å²) in [7, 11) is 0. The molecule has 8 rings (SSSR count). The average molecular weight is 788 g/mol. The van der Waals surface area contributed by atoms with Crippen molar-refractivity contribution in [3.8, 4) is 61.9 Å². The summed E-state index contributed by atoms with van der Waals surface area (Å²) >= 11 is 0. The Labute approximate surface area is 288 Å². The maximum Gasteiger partial charge on any atom is 0.129 e. The van der Waals surface area contributed by atoms with Gasteiger partial charge in [-0.05, 0) is 72.0 Å². The van der Waals surface area contributed by atoms with Gasteiger partial charge in [-0.25, -0.2) is 0 Å². The van der Waals surface area contributed by atoms with E-state index in [0.29, 0.717) is 11.3 Å². The van der Waals surface area contributed by atoms with E-state index in [0.717, 1.165) is 61.3 Å². The number of hydrogen-bond acceptors (Lipinski definition) is 3. The number of benzene rings is 5. The summed E-state index contributed by atoms with van der Waals surface area (Å²) in [5.74, 6) is 0.194. The van der Waals surface area contributed by atoms with Crippen LogP contribution < -0.4 is 0 Å². The van der Waals surface area contributed by atoms with Gasteiger partial charge in [0, 0.05) is 49.9 Å². The number of hydrogen-bond donors (Lipinski definition) is 1. The third-order valence-corrected chi connectivity index (χ3v) is 8.65. The van der Waals surface area contributed by atoms with Crippen LogP contribution in [0.1, 0.15) is 11.1 Å². The molecular formula is C42H30N3OPt-. The minimum absolute atomic E-state index is 0. The molecule has 0 saturated carbocycles. The summed E-state index contributed by atoms with van der Waals surface area (Å²) in [5.41, 5.74) is 12.3. The van der Waals surface area contributed by atoms with Gasteiger partial charge in [-0.15, -0.1) is 12.1 Å². The fraction of sp³-hybridized carbons (Fsp3) is 0.0476. The second-order valence-electron chi connectivity index (χ2n) is 11.7. The first-order chi connectivity index (χ1) is 22.5. The van der Waals surface area contributed by atoms with Gasteiger partial charge in [-0.1, -0.05) is 119 Å². The number of pyridine rings is 2. The third-order valence-electron chi connectivity index (χ3n) is 8.65. The number of rotatable bonds is 5. The van der Waals surface area contributed by atoms with Gasteiger partial charge in [0.2, 0.25) is 0 Å². The van der Waals surface area contributed by atoms with E-state index >= 15 is 0 Å².